The van der Waals surface area contributed by atoms with E-state index >= 15 is 0 Å². The molecule has 0 bridgehead atoms. The largest absolute Gasteiger partial charge is 0.392 e. The van der Waals surface area contributed by atoms with Gasteiger partial charge in [0.05, 0.1) is 6.10 Å². The van der Waals surface area contributed by atoms with Crippen LogP contribution in [0.1, 0.15) is 12.5 Å². The van der Waals surface area contributed by atoms with Crippen LogP contribution in [-0.4, -0.2) is 24.8 Å². The number of hydrogen-bond acceptors (Lipinski definition) is 3. The number of benzene rings is 1. The highest BCUT2D eigenvalue weighted by Gasteiger charge is 2.06. The fourth-order valence-electron chi connectivity index (χ4n) is 1.44. The Labute approximate surface area is 99.0 Å². The summed E-state index contributed by atoms with van der Waals surface area (Å²) in [7, 11) is 1.95. The van der Waals surface area contributed by atoms with Gasteiger partial charge in [0.1, 0.15) is 0 Å². The average Bonchev–Trinajstić information content (AvgIpc) is 2.16. The summed E-state index contributed by atoms with van der Waals surface area (Å²) < 4.78 is 1.01. The van der Waals surface area contributed by atoms with Crippen LogP contribution in [0.3, 0.4) is 0 Å². The maximum Gasteiger partial charge on any atom is 0.0686 e. The molecule has 1 unspecified atom stereocenters. The number of hydrogen-bond donors (Lipinski definition) is 2. The van der Waals surface area contributed by atoms with Crippen LogP contribution in [0.15, 0.2) is 22.7 Å². The SMILES string of the molecule is CC(O)CN(C)c1ccc(CN)c(Br)c1. The lowest BCUT2D eigenvalue weighted by Gasteiger charge is -2.21. The van der Waals surface area contributed by atoms with Crippen molar-refractivity contribution in [2.75, 3.05) is 18.5 Å². The summed E-state index contributed by atoms with van der Waals surface area (Å²) in [6, 6.07) is 6.03. The number of rotatable bonds is 4. The molecular weight excluding hydrogens is 256 g/mol. The predicted octanol–water partition coefficient (Wildman–Crippen LogP) is 1.72. The number of halogens is 1. The van der Waals surface area contributed by atoms with E-state index in [0.717, 1.165) is 15.7 Å². The third kappa shape index (κ3) is 3.48. The van der Waals surface area contributed by atoms with E-state index in [4.69, 9.17) is 5.73 Å². The molecule has 1 aromatic carbocycles. The van der Waals surface area contributed by atoms with Gasteiger partial charge >= 0.3 is 0 Å². The highest BCUT2D eigenvalue weighted by atomic mass is 79.9. The summed E-state index contributed by atoms with van der Waals surface area (Å²) in [5.41, 5.74) is 7.73. The van der Waals surface area contributed by atoms with Gasteiger partial charge in [-0.2, -0.15) is 0 Å². The second kappa shape index (κ2) is 5.49. The maximum atomic E-state index is 9.28. The first-order valence-electron chi connectivity index (χ1n) is 4.92. The molecule has 3 nitrogen and oxygen atoms in total. The van der Waals surface area contributed by atoms with Crippen LogP contribution < -0.4 is 10.6 Å². The van der Waals surface area contributed by atoms with Gasteiger partial charge in [0, 0.05) is 30.3 Å². The molecule has 84 valence electrons. The molecule has 0 heterocycles. The van der Waals surface area contributed by atoms with E-state index in [1.54, 1.807) is 6.92 Å². The Bertz CT molecular complexity index is 328. The molecular formula is C11H17BrN2O. The maximum absolute atomic E-state index is 9.28. The number of nitrogens with zero attached hydrogens (tertiary/aromatic N) is 1. The van der Waals surface area contributed by atoms with Crippen molar-refractivity contribution in [2.24, 2.45) is 5.73 Å². The number of aliphatic hydroxyl groups is 1. The van der Waals surface area contributed by atoms with Gasteiger partial charge in [-0.1, -0.05) is 22.0 Å². The van der Waals surface area contributed by atoms with Crippen molar-refractivity contribution < 1.29 is 5.11 Å². The van der Waals surface area contributed by atoms with Crippen LogP contribution >= 0.6 is 15.9 Å². The van der Waals surface area contributed by atoms with Crippen LogP contribution in [0.4, 0.5) is 5.69 Å². The fraction of sp³-hybridized carbons (Fsp3) is 0.455. The summed E-state index contributed by atoms with van der Waals surface area (Å²) in [5, 5.41) is 9.28. The lowest BCUT2D eigenvalue weighted by molar-refractivity contribution is 0.201. The molecule has 0 aliphatic heterocycles. The van der Waals surface area contributed by atoms with Gasteiger partial charge in [0.25, 0.3) is 0 Å². The predicted molar refractivity (Wildman–Crippen MR) is 67.0 cm³/mol. The Balaban J connectivity index is 2.82. The highest BCUT2D eigenvalue weighted by Crippen LogP contribution is 2.23. The molecule has 0 amide bonds. The van der Waals surface area contributed by atoms with Gasteiger partial charge in [-0.25, -0.2) is 0 Å². The van der Waals surface area contributed by atoms with E-state index in [-0.39, 0.29) is 6.10 Å². The van der Waals surface area contributed by atoms with Crippen molar-refractivity contribution in [1.29, 1.82) is 0 Å². The Morgan fingerprint density at radius 1 is 1.53 bits per heavy atom. The van der Waals surface area contributed by atoms with Crippen LogP contribution in [-0.2, 0) is 6.54 Å². The van der Waals surface area contributed by atoms with Crippen molar-refractivity contribution in [3.05, 3.63) is 28.2 Å². The van der Waals surface area contributed by atoms with Crippen molar-refractivity contribution in [1.82, 2.24) is 0 Å². The van der Waals surface area contributed by atoms with Gasteiger partial charge in [0.15, 0.2) is 0 Å². The van der Waals surface area contributed by atoms with Crippen LogP contribution in [0.2, 0.25) is 0 Å². The molecule has 0 fully saturated rings. The number of anilines is 1. The molecule has 15 heavy (non-hydrogen) atoms. The number of likely N-dealkylation sites (N-methyl/N-ethyl adjacent to an activating group) is 1. The van der Waals surface area contributed by atoms with E-state index in [2.05, 4.69) is 15.9 Å². The van der Waals surface area contributed by atoms with E-state index < -0.39 is 0 Å². The third-order valence-corrected chi connectivity index (χ3v) is 2.97. The Morgan fingerprint density at radius 3 is 2.67 bits per heavy atom. The monoisotopic (exact) mass is 272 g/mol. The van der Waals surface area contributed by atoms with Gasteiger partial charge in [-0.15, -0.1) is 0 Å². The van der Waals surface area contributed by atoms with Crippen molar-refractivity contribution in [3.8, 4) is 0 Å². The zero-order chi connectivity index (χ0) is 11.4. The lowest BCUT2D eigenvalue weighted by Crippen LogP contribution is -2.26. The standard InChI is InChI=1S/C11H17BrN2O/c1-8(15)7-14(2)10-4-3-9(6-13)11(12)5-10/h3-5,8,15H,6-7,13H2,1-2H3. The number of aliphatic hydroxyl groups excluding tert-OH is 1. The van der Waals surface area contributed by atoms with Gasteiger partial charge < -0.3 is 15.7 Å². The first-order valence-corrected chi connectivity index (χ1v) is 5.71. The summed E-state index contributed by atoms with van der Waals surface area (Å²) in [5.74, 6) is 0. The molecule has 0 saturated carbocycles. The van der Waals surface area contributed by atoms with Crippen LogP contribution in [0.5, 0.6) is 0 Å². The second-order valence-corrected chi connectivity index (χ2v) is 4.56. The van der Waals surface area contributed by atoms with Gasteiger partial charge in [0.2, 0.25) is 0 Å². The van der Waals surface area contributed by atoms with Gasteiger partial charge in [-0.05, 0) is 24.6 Å². The molecule has 1 atom stereocenters. The first-order chi connectivity index (χ1) is 7.04. The molecule has 3 N–H and O–H groups in total. The summed E-state index contributed by atoms with van der Waals surface area (Å²) in [6.07, 6.45) is -0.331. The Hall–Kier alpha value is -0.580. The number of nitrogens with two attached hydrogens (primary N) is 1. The normalized spacial score (nSPS) is 12.6. The molecule has 0 aliphatic rings. The minimum atomic E-state index is -0.331. The van der Waals surface area contributed by atoms with E-state index in [9.17, 15) is 5.11 Å². The first kappa shape index (κ1) is 12.5. The molecule has 4 heteroatoms. The quantitative estimate of drug-likeness (QED) is 0.878. The highest BCUT2D eigenvalue weighted by molar-refractivity contribution is 9.10. The lowest BCUT2D eigenvalue weighted by atomic mass is 10.2. The molecule has 1 rings (SSSR count). The van der Waals surface area contributed by atoms with E-state index in [1.165, 1.54) is 0 Å². The van der Waals surface area contributed by atoms with Crippen molar-refractivity contribution in [3.63, 3.8) is 0 Å². The topological polar surface area (TPSA) is 49.5 Å². The van der Waals surface area contributed by atoms with Crippen LogP contribution in [0, 0.1) is 0 Å². The van der Waals surface area contributed by atoms with E-state index in [1.807, 2.05) is 30.1 Å². The summed E-state index contributed by atoms with van der Waals surface area (Å²) in [6.45, 7) is 2.93. The fourth-order valence-corrected chi connectivity index (χ4v) is 1.97. The van der Waals surface area contributed by atoms with Crippen LogP contribution in [0.25, 0.3) is 0 Å². The third-order valence-electron chi connectivity index (χ3n) is 2.24. The van der Waals surface area contributed by atoms with Gasteiger partial charge in [-0.3, -0.25) is 0 Å². The molecule has 0 radical (unpaired) electrons. The molecule has 1 aromatic rings. The molecule has 0 aromatic heterocycles. The molecule has 0 spiro atoms. The minimum absolute atomic E-state index is 0.331. The molecule has 0 aliphatic carbocycles. The Morgan fingerprint density at radius 2 is 2.20 bits per heavy atom. The van der Waals surface area contributed by atoms with Crippen molar-refractivity contribution in [2.45, 2.75) is 19.6 Å². The molecule has 0 saturated heterocycles. The second-order valence-electron chi connectivity index (χ2n) is 3.71. The zero-order valence-electron chi connectivity index (χ0n) is 9.07. The minimum Gasteiger partial charge on any atom is -0.392 e. The summed E-state index contributed by atoms with van der Waals surface area (Å²) >= 11 is 3.47. The van der Waals surface area contributed by atoms with E-state index in [0.29, 0.717) is 13.1 Å². The smallest absolute Gasteiger partial charge is 0.0686 e. The van der Waals surface area contributed by atoms with Crippen molar-refractivity contribution >= 4 is 21.6 Å². The average molecular weight is 273 g/mol. The Kier molecular flexibility index (Phi) is 4.57. The zero-order valence-corrected chi connectivity index (χ0v) is 10.7. The summed E-state index contributed by atoms with van der Waals surface area (Å²) in [4.78, 5) is 2.01.